The van der Waals surface area contributed by atoms with Gasteiger partial charge in [0.05, 0.1) is 14.2 Å². The average Bonchev–Trinajstić information content (AvgIpc) is 2.87. The molecule has 7 nitrogen and oxygen atoms in total. The number of hydrogen-bond donors (Lipinski definition) is 1. The largest absolute Gasteiger partial charge is 0.497 e. The molecule has 2 aromatic rings. The normalized spacial score (nSPS) is 10.1. The van der Waals surface area contributed by atoms with Crippen molar-refractivity contribution < 1.29 is 13.9 Å². The van der Waals surface area contributed by atoms with Crippen LogP contribution in [0.25, 0.3) is 0 Å². The van der Waals surface area contributed by atoms with E-state index in [9.17, 15) is 0 Å². The number of benzene rings is 1. The fourth-order valence-corrected chi connectivity index (χ4v) is 1.45. The van der Waals surface area contributed by atoms with Crippen molar-refractivity contribution in [3.8, 4) is 11.5 Å². The van der Waals surface area contributed by atoms with Crippen LogP contribution >= 0.6 is 0 Å². The highest BCUT2D eigenvalue weighted by Gasteiger charge is 2.09. The Hall–Kier alpha value is -2.44. The van der Waals surface area contributed by atoms with Gasteiger partial charge in [0.1, 0.15) is 11.5 Å². The van der Waals surface area contributed by atoms with Crippen LogP contribution in [0.4, 0.5) is 17.7 Å². The summed E-state index contributed by atoms with van der Waals surface area (Å²) < 4.78 is 15.8. The Kier molecular flexibility index (Phi) is 3.74. The standard InChI is InChI=1S/C12H16N4O3/c1-16(2)12-15-14-11(19-12)13-8-5-9(17-3)7-10(6-8)18-4/h5-7H,1-4H3,(H,13,14). The maximum absolute atomic E-state index is 5.41. The number of methoxy groups -OCH3 is 2. The maximum atomic E-state index is 5.41. The summed E-state index contributed by atoms with van der Waals surface area (Å²) >= 11 is 0. The molecule has 0 saturated carbocycles. The van der Waals surface area contributed by atoms with Crippen molar-refractivity contribution in [3.63, 3.8) is 0 Å². The molecule has 0 radical (unpaired) electrons. The van der Waals surface area contributed by atoms with E-state index in [0.29, 0.717) is 23.5 Å². The molecule has 0 amide bonds. The minimum Gasteiger partial charge on any atom is -0.497 e. The van der Waals surface area contributed by atoms with Crippen LogP contribution in [0, 0.1) is 0 Å². The molecule has 0 aliphatic rings. The monoisotopic (exact) mass is 264 g/mol. The molecule has 0 unspecified atom stereocenters. The van der Waals surface area contributed by atoms with E-state index in [1.807, 2.05) is 26.2 Å². The van der Waals surface area contributed by atoms with Crippen molar-refractivity contribution in [3.05, 3.63) is 18.2 Å². The molecular formula is C12H16N4O3. The first-order chi connectivity index (χ1) is 9.12. The summed E-state index contributed by atoms with van der Waals surface area (Å²) in [5.74, 6) is 1.35. The molecule has 0 atom stereocenters. The van der Waals surface area contributed by atoms with Gasteiger partial charge in [-0.2, -0.15) is 0 Å². The second-order valence-corrected chi connectivity index (χ2v) is 4.01. The van der Waals surface area contributed by atoms with Gasteiger partial charge >= 0.3 is 12.0 Å². The zero-order valence-electron chi connectivity index (χ0n) is 11.3. The molecule has 1 heterocycles. The highest BCUT2D eigenvalue weighted by Crippen LogP contribution is 2.28. The number of aromatic nitrogens is 2. The van der Waals surface area contributed by atoms with Gasteiger partial charge in [-0.3, -0.25) is 0 Å². The van der Waals surface area contributed by atoms with Gasteiger partial charge in [-0.1, -0.05) is 10.2 Å². The third-order valence-corrected chi connectivity index (χ3v) is 2.40. The molecule has 0 bridgehead atoms. The van der Waals surface area contributed by atoms with Crippen molar-refractivity contribution in [2.75, 3.05) is 38.5 Å². The van der Waals surface area contributed by atoms with Gasteiger partial charge in [0.25, 0.3) is 0 Å². The van der Waals surface area contributed by atoms with Crippen molar-refractivity contribution >= 4 is 17.7 Å². The van der Waals surface area contributed by atoms with E-state index < -0.39 is 0 Å². The summed E-state index contributed by atoms with van der Waals surface area (Å²) in [7, 11) is 6.84. The van der Waals surface area contributed by atoms with E-state index in [2.05, 4.69) is 15.5 Å². The molecule has 0 saturated heterocycles. The van der Waals surface area contributed by atoms with E-state index in [1.54, 1.807) is 25.2 Å². The first kappa shape index (κ1) is 13.0. The first-order valence-corrected chi connectivity index (χ1v) is 5.63. The molecule has 2 rings (SSSR count). The first-order valence-electron chi connectivity index (χ1n) is 5.63. The Balaban J connectivity index is 2.21. The Morgan fingerprint density at radius 1 is 1.05 bits per heavy atom. The highest BCUT2D eigenvalue weighted by molar-refractivity contribution is 5.58. The number of nitrogens with one attached hydrogen (secondary N) is 1. The Morgan fingerprint density at radius 2 is 1.68 bits per heavy atom. The molecule has 1 N–H and O–H groups in total. The highest BCUT2D eigenvalue weighted by atomic mass is 16.5. The van der Waals surface area contributed by atoms with Gasteiger partial charge in [0.15, 0.2) is 0 Å². The molecule has 7 heteroatoms. The van der Waals surface area contributed by atoms with Gasteiger partial charge < -0.3 is 24.1 Å². The van der Waals surface area contributed by atoms with Crippen molar-refractivity contribution in [1.29, 1.82) is 0 Å². The van der Waals surface area contributed by atoms with Gasteiger partial charge in [-0.15, -0.1) is 0 Å². The zero-order valence-corrected chi connectivity index (χ0v) is 11.3. The molecule has 1 aromatic heterocycles. The molecule has 19 heavy (non-hydrogen) atoms. The van der Waals surface area contributed by atoms with Gasteiger partial charge in [-0.25, -0.2) is 0 Å². The lowest BCUT2D eigenvalue weighted by Crippen LogP contribution is -2.08. The zero-order chi connectivity index (χ0) is 13.8. The van der Waals surface area contributed by atoms with E-state index >= 15 is 0 Å². The maximum Gasteiger partial charge on any atom is 0.321 e. The average molecular weight is 264 g/mol. The smallest absolute Gasteiger partial charge is 0.321 e. The lowest BCUT2D eigenvalue weighted by molar-refractivity contribution is 0.394. The number of ether oxygens (including phenoxy) is 2. The third-order valence-electron chi connectivity index (χ3n) is 2.40. The van der Waals surface area contributed by atoms with Crippen LogP contribution in [0.2, 0.25) is 0 Å². The van der Waals surface area contributed by atoms with Gasteiger partial charge in [0.2, 0.25) is 0 Å². The van der Waals surface area contributed by atoms with Crippen LogP contribution in [0.5, 0.6) is 11.5 Å². The van der Waals surface area contributed by atoms with Crippen LogP contribution in [0.15, 0.2) is 22.6 Å². The number of hydrogen-bond acceptors (Lipinski definition) is 7. The van der Waals surface area contributed by atoms with Crippen molar-refractivity contribution in [2.24, 2.45) is 0 Å². The molecule has 1 aromatic carbocycles. The predicted molar refractivity (Wildman–Crippen MR) is 71.5 cm³/mol. The Morgan fingerprint density at radius 3 is 2.16 bits per heavy atom. The summed E-state index contributed by atoms with van der Waals surface area (Å²) in [6.45, 7) is 0. The second-order valence-electron chi connectivity index (χ2n) is 4.01. The van der Waals surface area contributed by atoms with E-state index in [0.717, 1.165) is 5.69 Å². The Bertz CT molecular complexity index is 531. The molecule has 0 aliphatic carbocycles. The van der Waals surface area contributed by atoms with Crippen LogP contribution in [0.3, 0.4) is 0 Å². The summed E-state index contributed by atoms with van der Waals surface area (Å²) in [5, 5.41) is 10.8. The number of anilines is 3. The van der Waals surface area contributed by atoms with Gasteiger partial charge in [-0.05, 0) is 0 Å². The van der Waals surface area contributed by atoms with Crippen LogP contribution in [-0.2, 0) is 0 Å². The van der Waals surface area contributed by atoms with Gasteiger partial charge in [0, 0.05) is 38.0 Å². The predicted octanol–water partition coefficient (Wildman–Crippen LogP) is 1.90. The lowest BCUT2D eigenvalue weighted by Gasteiger charge is -2.08. The lowest BCUT2D eigenvalue weighted by atomic mass is 10.3. The summed E-state index contributed by atoms with van der Waals surface area (Å²) in [5.41, 5.74) is 0.741. The molecular weight excluding hydrogens is 248 g/mol. The summed E-state index contributed by atoms with van der Waals surface area (Å²) in [6, 6.07) is 6.13. The van der Waals surface area contributed by atoms with Crippen LogP contribution in [0.1, 0.15) is 0 Å². The van der Waals surface area contributed by atoms with Crippen LogP contribution in [-0.4, -0.2) is 38.5 Å². The van der Waals surface area contributed by atoms with E-state index in [4.69, 9.17) is 13.9 Å². The quantitative estimate of drug-likeness (QED) is 0.884. The minimum absolute atomic E-state index is 0.305. The summed E-state index contributed by atoms with van der Waals surface area (Å²) in [4.78, 5) is 1.73. The SMILES string of the molecule is COc1cc(Nc2nnc(N(C)C)o2)cc(OC)c1. The Labute approximate surface area is 111 Å². The fourth-order valence-electron chi connectivity index (χ4n) is 1.45. The second kappa shape index (κ2) is 5.47. The number of rotatable bonds is 5. The fraction of sp³-hybridized carbons (Fsp3) is 0.333. The minimum atomic E-state index is 0.305. The van der Waals surface area contributed by atoms with Crippen LogP contribution < -0.4 is 19.7 Å². The van der Waals surface area contributed by atoms with E-state index in [1.165, 1.54) is 0 Å². The van der Waals surface area contributed by atoms with E-state index in [-0.39, 0.29) is 0 Å². The molecule has 0 spiro atoms. The third kappa shape index (κ3) is 3.06. The molecule has 0 fully saturated rings. The van der Waals surface area contributed by atoms with Crippen molar-refractivity contribution in [1.82, 2.24) is 10.2 Å². The molecule has 0 aliphatic heterocycles. The molecule has 102 valence electrons. The topological polar surface area (TPSA) is 72.7 Å². The number of nitrogens with zero attached hydrogens (tertiary/aromatic N) is 3. The van der Waals surface area contributed by atoms with Crippen molar-refractivity contribution in [2.45, 2.75) is 0 Å². The summed E-state index contributed by atoms with van der Waals surface area (Å²) in [6.07, 6.45) is 0.